The first kappa shape index (κ1) is 14.9. The molecular formula is C13H12BrFN4O3. The van der Waals surface area contributed by atoms with Crippen LogP contribution in [0.3, 0.4) is 0 Å². The Morgan fingerprint density at radius 3 is 3.05 bits per heavy atom. The third kappa shape index (κ3) is 2.80. The van der Waals surface area contributed by atoms with Crippen molar-refractivity contribution < 1.29 is 18.7 Å². The van der Waals surface area contributed by atoms with Crippen molar-refractivity contribution in [2.45, 2.75) is 18.5 Å². The van der Waals surface area contributed by atoms with Gasteiger partial charge in [0.25, 0.3) is 11.8 Å². The van der Waals surface area contributed by atoms with E-state index in [-0.39, 0.29) is 24.7 Å². The lowest BCUT2D eigenvalue weighted by molar-refractivity contribution is 0.0239. The molecule has 1 aliphatic heterocycles. The highest BCUT2D eigenvalue weighted by Crippen LogP contribution is 2.36. The van der Waals surface area contributed by atoms with Gasteiger partial charge >= 0.3 is 6.09 Å². The summed E-state index contributed by atoms with van der Waals surface area (Å²) in [6, 6.07) is 3.41. The number of aromatic nitrogens is 3. The molecule has 3 rings (SSSR count). The third-order valence-electron chi connectivity index (χ3n) is 3.46. The molecule has 1 amide bonds. The molecule has 1 saturated heterocycles. The first-order valence-corrected chi connectivity index (χ1v) is 7.40. The summed E-state index contributed by atoms with van der Waals surface area (Å²) in [4.78, 5) is 16.1. The smallest absolute Gasteiger partial charge is 0.407 e. The van der Waals surface area contributed by atoms with E-state index in [1.165, 1.54) is 0 Å². The van der Waals surface area contributed by atoms with E-state index in [2.05, 4.69) is 31.1 Å². The Morgan fingerprint density at radius 2 is 2.32 bits per heavy atom. The average molecular weight is 371 g/mol. The van der Waals surface area contributed by atoms with Crippen LogP contribution in [0.1, 0.15) is 18.7 Å². The Kier molecular flexibility index (Phi) is 3.81. The number of alkyl halides is 1. The van der Waals surface area contributed by atoms with E-state index in [9.17, 15) is 9.18 Å². The minimum atomic E-state index is -1.96. The molecule has 1 atom stereocenters. The van der Waals surface area contributed by atoms with Crippen molar-refractivity contribution in [3.8, 4) is 11.6 Å². The van der Waals surface area contributed by atoms with Crippen molar-refractivity contribution in [2.24, 2.45) is 0 Å². The number of amides is 1. The van der Waals surface area contributed by atoms with Gasteiger partial charge < -0.3 is 14.4 Å². The largest absolute Gasteiger partial charge is 0.465 e. The third-order valence-corrected chi connectivity index (χ3v) is 3.96. The van der Waals surface area contributed by atoms with Crippen molar-refractivity contribution in [1.82, 2.24) is 20.1 Å². The van der Waals surface area contributed by atoms with Gasteiger partial charge in [-0.25, -0.2) is 9.18 Å². The fourth-order valence-electron chi connectivity index (χ4n) is 2.38. The summed E-state index contributed by atoms with van der Waals surface area (Å²) >= 11 is 3.30. The maximum Gasteiger partial charge on any atom is 0.407 e. The lowest BCUT2D eigenvalue weighted by Crippen LogP contribution is -2.46. The zero-order chi connectivity index (χ0) is 15.7. The first-order valence-electron chi connectivity index (χ1n) is 6.61. The van der Waals surface area contributed by atoms with Crippen molar-refractivity contribution >= 4 is 22.0 Å². The van der Waals surface area contributed by atoms with Crippen LogP contribution in [-0.2, 0) is 5.67 Å². The molecule has 3 heterocycles. The van der Waals surface area contributed by atoms with Gasteiger partial charge in [0.1, 0.15) is 5.69 Å². The molecule has 1 aliphatic rings. The van der Waals surface area contributed by atoms with Gasteiger partial charge in [0.05, 0.1) is 6.54 Å². The average Bonchev–Trinajstić information content (AvgIpc) is 2.98. The van der Waals surface area contributed by atoms with Crippen LogP contribution >= 0.6 is 15.9 Å². The van der Waals surface area contributed by atoms with E-state index in [0.29, 0.717) is 18.7 Å². The number of nitrogens with zero attached hydrogens (tertiary/aromatic N) is 4. The molecule has 9 heteroatoms. The molecule has 0 spiro atoms. The predicted molar refractivity (Wildman–Crippen MR) is 76.8 cm³/mol. The van der Waals surface area contributed by atoms with Gasteiger partial charge in [0.15, 0.2) is 0 Å². The number of halogens is 2. The van der Waals surface area contributed by atoms with Gasteiger partial charge in [-0.15, -0.1) is 10.2 Å². The minimum Gasteiger partial charge on any atom is -0.465 e. The molecule has 0 unspecified atom stereocenters. The van der Waals surface area contributed by atoms with Gasteiger partial charge in [-0.2, -0.15) is 0 Å². The summed E-state index contributed by atoms with van der Waals surface area (Å²) in [6.45, 7) is -0.00886. The molecule has 22 heavy (non-hydrogen) atoms. The molecule has 2 aromatic rings. The lowest BCUT2D eigenvalue weighted by Gasteiger charge is -2.33. The molecule has 0 aliphatic carbocycles. The van der Waals surface area contributed by atoms with Gasteiger partial charge in [0.2, 0.25) is 5.67 Å². The van der Waals surface area contributed by atoms with Gasteiger partial charge in [-0.1, -0.05) is 15.9 Å². The van der Waals surface area contributed by atoms with E-state index in [4.69, 9.17) is 9.52 Å². The monoisotopic (exact) mass is 370 g/mol. The predicted octanol–water partition coefficient (Wildman–Crippen LogP) is 2.83. The fraction of sp³-hybridized carbons (Fsp3) is 0.385. The number of hydrogen-bond donors (Lipinski definition) is 1. The van der Waals surface area contributed by atoms with Crippen LogP contribution in [-0.4, -0.2) is 44.4 Å². The molecule has 0 saturated carbocycles. The van der Waals surface area contributed by atoms with E-state index in [1.807, 2.05) is 0 Å². The van der Waals surface area contributed by atoms with Crippen LogP contribution in [0.4, 0.5) is 9.18 Å². The van der Waals surface area contributed by atoms with Crippen LogP contribution in [0, 0.1) is 0 Å². The molecule has 2 aromatic heterocycles. The maximum atomic E-state index is 15.0. The quantitative estimate of drug-likeness (QED) is 0.873. The van der Waals surface area contributed by atoms with Gasteiger partial charge in [-0.05, 0) is 25.0 Å². The summed E-state index contributed by atoms with van der Waals surface area (Å²) in [5.74, 6) is -0.115. The highest BCUT2D eigenvalue weighted by molar-refractivity contribution is 9.10. The van der Waals surface area contributed by atoms with E-state index < -0.39 is 11.8 Å². The summed E-state index contributed by atoms with van der Waals surface area (Å²) in [5, 5.41) is 16.6. The second kappa shape index (κ2) is 5.64. The molecule has 0 aromatic carbocycles. The van der Waals surface area contributed by atoms with Crippen LogP contribution in [0.2, 0.25) is 0 Å². The molecule has 1 fully saturated rings. The highest BCUT2D eigenvalue weighted by Gasteiger charge is 2.43. The van der Waals surface area contributed by atoms with Crippen LogP contribution in [0.25, 0.3) is 11.6 Å². The number of pyridine rings is 1. The normalized spacial score (nSPS) is 21.8. The van der Waals surface area contributed by atoms with Crippen molar-refractivity contribution in [3.63, 3.8) is 0 Å². The number of carboxylic acid groups (broad SMARTS) is 1. The van der Waals surface area contributed by atoms with E-state index in [1.54, 1.807) is 18.3 Å². The second-order valence-electron chi connectivity index (χ2n) is 5.04. The number of piperidine rings is 1. The number of likely N-dealkylation sites (tertiary alicyclic amines) is 1. The highest BCUT2D eigenvalue weighted by atomic mass is 79.9. The topological polar surface area (TPSA) is 92.3 Å². The number of carbonyl (C=O) groups is 1. The molecule has 1 N–H and O–H groups in total. The first-order chi connectivity index (χ1) is 10.5. The van der Waals surface area contributed by atoms with Gasteiger partial charge in [0, 0.05) is 17.2 Å². The fourth-order valence-corrected chi connectivity index (χ4v) is 2.71. The minimum absolute atomic E-state index is 0.0979. The van der Waals surface area contributed by atoms with E-state index in [0.717, 1.165) is 9.37 Å². The SMILES string of the molecule is O=C(O)N1CCC[C@](F)(c2nnc(-c3cc(Br)ccn3)o2)C1. The lowest BCUT2D eigenvalue weighted by atomic mass is 9.95. The Hall–Kier alpha value is -2.03. The zero-order valence-corrected chi connectivity index (χ0v) is 13.0. The van der Waals surface area contributed by atoms with Crippen molar-refractivity contribution in [3.05, 3.63) is 28.7 Å². The molecule has 7 nitrogen and oxygen atoms in total. The molecule has 0 bridgehead atoms. The van der Waals surface area contributed by atoms with E-state index >= 15 is 0 Å². The Bertz CT molecular complexity index is 710. The summed E-state index contributed by atoms with van der Waals surface area (Å²) < 4.78 is 21.2. The van der Waals surface area contributed by atoms with Crippen LogP contribution in [0.15, 0.2) is 27.2 Å². The van der Waals surface area contributed by atoms with Crippen molar-refractivity contribution in [1.29, 1.82) is 0 Å². The standard InChI is InChI=1S/C13H12BrFN4O3/c14-8-2-4-16-9(6-8)10-17-18-11(22-10)13(15)3-1-5-19(7-13)12(20)21/h2,4,6H,1,3,5,7H2,(H,20,21)/t13-/m1/s1. The van der Waals surface area contributed by atoms with Gasteiger partial charge in [-0.3, -0.25) is 4.98 Å². The number of hydrogen-bond acceptors (Lipinski definition) is 5. The Labute approximate surface area is 133 Å². The molecule has 0 radical (unpaired) electrons. The number of rotatable bonds is 2. The van der Waals surface area contributed by atoms with Crippen LogP contribution < -0.4 is 0 Å². The Balaban J connectivity index is 1.88. The molecule has 116 valence electrons. The summed E-state index contributed by atoms with van der Waals surface area (Å²) in [5.41, 5.74) is -1.55. The zero-order valence-electron chi connectivity index (χ0n) is 11.4. The summed E-state index contributed by atoms with van der Waals surface area (Å²) in [7, 11) is 0. The second-order valence-corrected chi connectivity index (χ2v) is 5.96. The maximum absolute atomic E-state index is 15.0. The Morgan fingerprint density at radius 1 is 1.50 bits per heavy atom. The molecular weight excluding hydrogens is 359 g/mol. The van der Waals surface area contributed by atoms with Crippen molar-refractivity contribution in [2.75, 3.05) is 13.1 Å². The van der Waals surface area contributed by atoms with Crippen LogP contribution in [0.5, 0.6) is 0 Å². The summed E-state index contributed by atoms with van der Waals surface area (Å²) in [6.07, 6.45) is 0.941.